The average molecular weight is 211 g/mol. The molecule has 5 nitrogen and oxygen atoms in total. The van der Waals surface area contributed by atoms with Gasteiger partial charge in [0, 0.05) is 0 Å². The van der Waals surface area contributed by atoms with Crippen LogP contribution in [-0.4, -0.2) is 21.7 Å². The summed E-state index contributed by atoms with van der Waals surface area (Å²) in [5.41, 5.74) is 0. The third-order valence-electron chi connectivity index (χ3n) is 0.155. The fourth-order valence-electron chi connectivity index (χ4n) is 0. The monoisotopic (exact) mass is 210 g/mol. The van der Waals surface area contributed by atoms with Gasteiger partial charge in [-0.05, 0) is 23.2 Å². The molecule has 58 valence electrons. The molecule has 0 radical (unpaired) electrons. The Morgan fingerprint density at radius 3 is 1.18 bits per heavy atom. The number of rotatable bonds is 1. The zero-order valence-electron chi connectivity index (χ0n) is 5.34. The van der Waals surface area contributed by atoms with Crippen molar-refractivity contribution in [1.29, 1.82) is 0 Å². The molecule has 0 saturated carbocycles. The van der Waals surface area contributed by atoms with Crippen LogP contribution in [0.1, 0.15) is 0 Å². The van der Waals surface area contributed by atoms with Gasteiger partial charge < -0.3 is 15.0 Å². The molecule has 11 heavy (non-hydrogen) atoms. The van der Waals surface area contributed by atoms with Crippen LogP contribution < -0.4 is 34.7 Å². The SMILES string of the molecule is O=C(Cl)C(=O)Cl.O=C([O-])O.[Na+]. The van der Waals surface area contributed by atoms with Gasteiger partial charge in [-0.25, -0.2) is 0 Å². The largest absolute Gasteiger partial charge is 1.00 e. The summed E-state index contributed by atoms with van der Waals surface area (Å²) >= 11 is 8.98. The Balaban J connectivity index is -0.000000114. The average Bonchev–Trinajstić information content (AvgIpc) is 1.63. The molecule has 0 spiro atoms. The normalized spacial score (nSPS) is 6.36. The number of hydrogen-bond donors (Lipinski definition) is 1. The molecule has 0 rings (SSSR count). The Labute approximate surface area is 93.6 Å². The molecule has 0 aliphatic rings. The van der Waals surface area contributed by atoms with Gasteiger partial charge in [0.05, 0.1) is 0 Å². The van der Waals surface area contributed by atoms with E-state index in [-0.39, 0.29) is 29.6 Å². The van der Waals surface area contributed by atoms with Crippen molar-refractivity contribution < 1.29 is 54.2 Å². The van der Waals surface area contributed by atoms with Gasteiger partial charge in [0.15, 0.2) is 0 Å². The first-order chi connectivity index (χ1) is 4.37. The van der Waals surface area contributed by atoms with Crippen LogP contribution >= 0.6 is 23.2 Å². The van der Waals surface area contributed by atoms with E-state index in [1.54, 1.807) is 0 Å². The van der Waals surface area contributed by atoms with Gasteiger partial charge >= 0.3 is 40.0 Å². The fourth-order valence-corrected chi connectivity index (χ4v) is 0. The second-order valence-corrected chi connectivity index (χ2v) is 1.50. The van der Waals surface area contributed by atoms with Crippen molar-refractivity contribution in [3.05, 3.63) is 0 Å². The Hall–Kier alpha value is 0.190. The molecule has 0 bridgehead atoms. The van der Waals surface area contributed by atoms with E-state index in [0.717, 1.165) is 0 Å². The third kappa shape index (κ3) is 38.9. The van der Waals surface area contributed by atoms with Crippen LogP contribution in [0.2, 0.25) is 0 Å². The van der Waals surface area contributed by atoms with Crippen molar-refractivity contribution in [3.8, 4) is 0 Å². The van der Waals surface area contributed by atoms with Crippen LogP contribution in [0.25, 0.3) is 0 Å². The third-order valence-corrected chi connectivity index (χ3v) is 0.595. The predicted molar refractivity (Wildman–Crippen MR) is 29.7 cm³/mol. The van der Waals surface area contributed by atoms with Crippen molar-refractivity contribution in [3.63, 3.8) is 0 Å². The molecular formula is C3HCl2NaO5. The molecule has 1 N–H and O–H groups in total. The second-order valence-electron chi connectivity index (χ2n) is 0.813. The van der Waals surface area contributed by atoms with E-state index >= 15 is 0 Å². The molecule has 8 heteroatoms. The minimum Gasteiger partial charge on any atom is -0.565 e. The molecule has 0 aromatic rings. The van der Waals surface area contributed by atoms with E-state index in [2.05, 4.69) is 23.2 Å². The molecule has 0 aliphatic carbocycles. The van der Waals surface area contributed by atoms with Crippen LogP contribution in [0.4, 0.5) is 4.79 Å². The number of carbonyl (C=O) groups excluding carboxylic acids is 2. The zero-order chi connectivity index (χ0) is 8.73. The van der Waals surface area contributed by atoms with Crippen molar-refractivity contribution in [2.75, 3.05) is 0 Å². The molecule has 0 amide bonds. The maximum atomic E-state index is 9.43. The first-order valence-electron chi connectivity index (χ1n) is 1.67. The molecule has 0 aliphatic heterocycles. The molecule has 0 aromatic heterocycles. The summed E-state index contributed by atoms with van der Waals surface area (Å²) in [4.78, 5) is 27.3. The summed E-state index contributed by atoms with van der Waals surface area (Å²) in [6, 6.07) is 0. The van der Waals surface area contributed by atoms with E-state index < -0.39 is 16.6 Å². The Morgan fingerprint density at radius 1 is 1.09 bits per heavy atom. The van der Waals surface area contributed by atoms with Gasteiger partial charge in [-0.3, -0.25) is 9.59 Å². The number of carbonyl (C=O) groups is 3. The summed E-state index contributed by atoms with van der Waals surface area (Å²) in [7, 11) is 0. The number of hydrogen-bond acceptors (Lipinski definition) is 4. The summed E-state index contributed by atoms with van der Waals surface area (Å²) in [6.07, 6.45) is -2.08. The van der Waals surface area contributed by atoms with Crippen LogP contribution in [-0.2, 0) is 9.59 Å². The standard InChI is InChI=1S/C2Cl2O2.CH2O3.Na/c3-1(5)2(4)6;2-1(3)4;/h;(H2,2,3,4);/q;;+1/p-1. The Morgan fingerprint density at radius 2 is 1.18 bits per heavy atom. The van der Waals surface area contributed by atoms with E-state index in [4.69, 9.17) is 15.0 Å². The molecular weight excluding hydrogens is 210 g/mol. The fraction of sp³-hybridized carbons (Fsp3) is 0. The van der Waals surface area contributed by atoms with Crippen molar-refractivity contribution >= 4 is 39.8 Å². The molecule has 0 unspecified atom stereocenters. The van der Waals surface area contributed by atoms with Gasteiger partial charge in [-0.1, -0.05) is 0 Å². The minimum absolute atomic E-state index is 0. The Bertz CT molecular complexity index is 142. The van der Waals surface area contributed by atoms with Crippen LogP contribution in [0.3, 0.4) is 0 Å². The van der Waals surface area contributed by atoms with Crippen LogP contribution in [0.15, 0.2) is 0 Å². The van der Waals surface area contributed by atoms with Crippen LogP contribution in [0.5, 0.6) is 0 Å². The molecule has 0 aromatic carbocycles. The quantitative estimate of drug-likeness (QED) is 0.274. The summed E-state index contributed by atoms with van der Waals surface area (Å²) in [5, 5.41) is 13.0. The van der Waals surface area contributed by atoms with E-state index in [9.17, 15) is 9.59 Å². The van der Waals surface area contributed by atoms with Gasteiger partial charge in [0.2, 0.25) is 6.16 Å². The number of halogens is 2. The first kappa shape index (κ1) is 17.3. The van der Waals surface area contributed by atoms with Gasteiger partial charge in [0.25, 0.3) is 0 Å². The molecule has 0 saturated heterocycles. The summed E-state index contributed by atoms with van der Waals surface area (Å²) in [5.74, 6) is 0. The van der Waals surface area contributed by atoms with Crippen molar-refractivity contribution in [2.45, 2.75) is 0 Å². The smallest absolute Gasteiger partial charge is 0.565 e. The summed E-state index contributed by atoms with van der Waals surface area (Å²) < 4.78 is 0. The van der Waals surface area contributed by atoms with E-state index in [1.807, 2.05) is 0 Å². The van der Waals surface area contributed by atoms with E-state index in [0.29, 0.717) is 0 Å². The van der Waals surface area contributed by atoms with Gasteiger partial charge in [-0.15, -0.1) is 0 Å². The molecule has 0 fully saturated rings. The molecule has 0 atom stereocenters. The maximum absolute atomic E-state index is 9.43. The zero-order valence-corrected chi connectivity index (χ0v) is 8.85. The topological polar surface area (TPSA) is 94.5 Å². The summed E-state index contributed by atoms with van der Waals surface area (Å²) in [6.45, 7) is 0. The van der Waals surface area contributed by atoms with Gasteiger partial charge in [0.1, 0.15) is 0 Å². The number of carboxylic acid groups (broad SMARTS) is 2. The van der Waals surface area contributed by atoms with Crippen molar-refractivity contribution in [1.82, 2.24) is 0 Å². The second kappa shape index (κ2) is 10.2. The van der Waals surface area contributed by atoms with Gasteiger partial charge in [-0.2, -0.15) is 0 Å². The van der Waals surface area contributed by atoms with Crippen molar-refractivity contribution in [2.24, 2.45) is 0 Å². The minimum atomic E-state index is -2.08. The van der Waals surface area contributed by atoms with E-state index in [1.165, 1.54) is 0 Å². The Kier molecular flexibility index (Phi) is 16.0. The van der Waals surface area contributed by atoms with Crippen LogP contribution in [0, 0.1) is 0 Å². The molecule has 0 heterocycles. The maximum Gasteiger partial charge on any atom is 1.00 e. The first-order valence-corrected chi connectivity index (χ1v) is 2.42. The predicted octanol–water partition coefficient (Wildman–Crippen LogP) is -3.59.